The smallest absolute Gasteiger partial charge is 0.262 e. The highest BCUT2D eigenvalue weighted by atomic mass is 79.9. The molecule has 0 aliphatic carbocycles. The van der Waals surface area contributed by atoms with E-state index in [9.17, 15) is 14.4 Å². The number of anilines is 1. The van der Waals surface area contributed by atoms with Crippen LogP contribution in [0.1, 0.15) is 34.6 Å². The molecule has 0 bridgehead atoms. The number of imide groups is 1. The van der Waals surface area contributed by atoms with Gasteiger partial charge in [0, 0.05) is 4.47 Å². The lowest BCUT2D eigenvalue weighted by molar-refractivity contribution is -0.121. The Hall–Kier alpha value is -2.18. The van der Waals surface area contributed by atoms with Gasteiger partial charge in [-0.2, -0.15) is 0 Å². The summed E-state index contributed by atoms with van der Waals surface area (Å²) < 4.78 is 0.779. The number of rotatable bonds is 4. The molecule has 2 aromatic rings. The van der Waals surface area contributed by atoms with Gasteiger partial charge in [-0.3, -0.25) is 19.3 Å². The van der Waals surface area contributed by atoms with Crippen LogP contribution in [0.3, 0.4) is 0 Å². The second-order valence-electron chi connectivity index (χ2n) is 6.33. The fourth-order valence-corrected chi connectivity index (χ4v) is 3.70. The number of hydrogen-bond acceptors (Lipinski definition) is 3. The van der Waals surface area contributed by atoms with Crippen LogP contribution in [-0.4, -0.2) is 28.7 Å². The third kappa shape index (κ3) is 3.27. The predicted molar refractivity (Wildman–Crippen MR) is 103 cm³/mol. The van der Waals surface area contributed by atoms with Crippen LogP contribution < -0.4 is 5.32 Å². The van der Waals surface area contributed by atoms with Gasteiger partial charge in [-0.25, -0.2) is 0 Å². The normalized spacial score (nSPS) is 14.6. The molecular weight excluding hydrogens is 420 g/mol. The summed E-state index contributed by atoms with van der Waals surface area (Å²) in [6.07, 6.45) is 0. The van der Waals surface area contributed by atoms with E-state index in [4.69, 9.17) is 11.6 Å². The Morgan fingerprint density at radius 2 is 1.65 bits per heavy atom. The molecule has 1 aliphatic heterocycles. The summed E-state index contributed by atoms with van der Waals surface area (Å²) in [6, 6.07) is 10.7. The van der Waals surface area contributed by atoms with Gasteiger partial charge in [0.1, 0.15) is 6.04 Å². The van der Waals surface area contributed by atoms with E-state index in [0.29, 0.717) is 21.8 Å². The summed E-state index contributed by atoms with van der Waals surface area (Å²) in [5, 5.41) is 3.08. The fourth-order valence-electron chi connectivity index (χ4n) is 2.98. The van der Waals surface area contributed by atoms with Crippen LogP contribution >= 0.6 is 27.5 Å². The number of nitrogens with one attached hydrogen (secondary N) is 1. The Bertz CT molecular complexity index is 878. The Balaban J connectivity index is 1.92. The molecule has 0 aromatic heterocycles. The van der Waals surface area contributed by atoms with Crippen molar-refractivity contribution in [2.75, 3.05) is 5.32 Å². The molecule has 1 unspecified atom stereocenters. The van der Waals surface area contributed by atoms with E-state index in [2.05, 4.69) is 21.2 Å². The van der Waals surface area contributed by atoms with E-state index >= 15 is 0 Å². The van der Waals surface area contributed by atoms with Crippen LogP contribution in [0.15, 0.2) is 46.9 Å². The number of fused-ring (bicyclic) bond motifs is 1. The van der Waals surface area contributed by atoms with E-state index in [1.165, 1.54) is 0 Å². The maximum atomic E-state index is 12.9. The second kappa shape index (κ2) is 7.21. The van der Waals surface area contributed by atoms with Crippen molar-refractivity contribution < 1.29 is 14.4 Å². The first-order valence-corrected chi connectivity index (χ1v) is 9.21. The van der Waals surface area contributed by atoms with E-state index in [1.54, 1.807) is 56.3 Å². The van der Waals surface area contributed by atoms with Gasteiger partial charge in [0.25, 0.3) is 11.8 Å². The van der Waals surface area contributed by atoms with Crippen LogP contribution in [0.2, 0.25) is 5.02 Å². The molecular formula is C19H16BrClN2O3. The van der Waals surface area contributed by atoms with Crippen molar-refractivity contribution >= 4 is 50.9 Å². The number of nitrogens with zero attached hydrogens (tertiary/aromatic N) is 1. The van der Waals surface area contributed by atoms with Gasteiger partial charge in [0.2, 0.25) is 5.91 Å². The van der Waals surface area contributed by atoms with Gasteiger partial charge in [-0.15, -0.1) is 0 Å². The van der Waals surface area contributed by atoms with Gasteiger partial charge >= 0.3 is 0 Å². The summed E-state index contributed by atoms with van der Waals surface area (Å²) in [4.78, 5) is 39.4. The highest BCUT2D eigenvalue weighted by molar-refractivity contribution is 9.10. The number of benzene rings is 2. The van der Waals surface area contributed by atoms with E-state index in [-0.39, 0.29) is 5.92 Å². The monoisotopic (exact) mass is 434 g/mol. The maximum Gasteiger partial charge on any atom is 0.262 e. The molecule has 1 heterocycles. The molecule has 7 heteroatoms. The summed E-state index contributed by atoms with van der Waals surface area (Å²) in [5.74, 6) is -1.65. The van der Waals surface area contributed by atoms with Crippen molar-refractivity contribution in [2.24, 2.45) is 5.92 Å². The van der Waals surface area contributed by atoms with Gasteiger partial charge in [-0.05, 0) is 36.2 Å². The molecule has 1 N–H and O–H groups in total. The minimum Gasteiger partial charge on any atom is -0.323 e. The van der Waals surface area contributed by atoms with Crippen LogP contribution in [0.25, 0.3) is 0 Å². The van der Waals surface area contributed by atoms with Crippen molar-refractivity contribution in [3.63, 3.8) is 0 Å². The molecule has 5 nitrogen and oxygen atoms in total. The molecule has 3 rings (SSSR count). The van der Waals surface area contributed by atoms with Gasteiger partial charge in [-0.1, -0.05) is 53.5 Å². The van der Waals surface area contributed by atoms with Gasteiger partial charge in [0.05, 0.1) is 21.8 Å². The first kappa shape index (κ1) is 18.6. The third-order valence-electron chi connectivity index (χ3n) is 4.19. The standard InChI is InChI=1S/C19H16BrClN2O3/c1-10(2)16(17(24)22-15-8-7-11(20)9-14(15)21)23-18(25)12-5-3-4-6-13(12)19(23)26/h3-10,16H,1-2H3,(H,22,24). The SMILES string of the molecule is CC(C)C(C(=O)Nc1ccc(Br)cc1Cl)N1C(=O)c2ccccc2C1=O. The maximum absolute atomic E-state index is 12.9. The van der Waals surface area contributed by atoms with Crippen LogP contribution in [-0.2, 0) is 4.79 Å². The topological polar surface area (TPSA) is 66.5 Å². The molecule has 2 aromatic carbocycles. The highest BCUT2D eigenvalue weighted by Crippen LogP contribution is 2.29. The van der Waals surface area contributed by atoms with Crippen molar-refractivity contribution in [3.05, 3.63) is 63.1 Å². The van der Waals surface area contributed by atoms with Crippen molar-refractivity contribution in [3.8, 4) is 0 Å². The Morgan fingerprint density at radius 1 is 1.08 bits per heavy atom. The highest BCUT2D eigenvalue weighted by Gasteiger charge is 2.43. The van der Waals surface area contributed by atoms with E-state index in [1.807, 2.05) is 0 Å². The zero-order valence-corrected chi connectivity index (χ0v) is 16.5. The minimum absolute atomic E-state index is 0.272. The zero-order valence-electron chi connectivity index (χ0n) is 14.1. The molecule has 0 radical (unpaired) electrons. The molecule has 0 saturated heterocycles. The molecule has 26 heavy (non-hydrogen) atoms. The lowest BCUT2D eigenvalue weighted by Crippen LogP contribution is -2.50. The third-order valence-corrected chi connectivity index (χ3v) is 5.00. The zero-order chi connectivity index (χ0) is 19.0. The van der Waals surface area contributed by atoms with E-state index < -0.39 is 23.8 Å². The first-order valence-electron chi connectivity index (χ1n) is 8.04. The van der Waals surface area contributed by atoms with Crippen LogP contribution in [0.5, 0.6) is 0 Å². The summed E-state index contributed by atoms with van der Waals surface area (Å²) >= 11 is 9.46. The number of hydrogen-bond donors (Lipinski definition) is 1. The fraction of sp³-hybridized carbons (Fsp3) is 0.211. The average molecular weight is 436 g/mol. The summed E-state index contributed by atoms with van der Waals surface area (Å²) in [7, 11) is 0. The van der Waals surface area contributed by atoms with Crippen molar-refractivity contribution in [1.29, 1.82) is 0 Å². The van der Waals surface area contributed by atoms with Gasteiger partial charge in [0.15, 0.2) is 0 Å². The molecule has 0 fully saturated rings. The lowest BCUT2D eigenvalue weighted by atomic mass is 10.0. The summed E-state index contributed by atoms with van der Waals surface area (Å²) in [6.45, 7) is 3.58. The summed E-state index contributed by atoms with van der Waals surface area (Å²) in [5.41, 5.74) is 1.05. The Labute approximate surface area is 164 Å². The predicted octanol–water partition coefficient (Wildman–Crippen LogP) is 4.36. The molecule has 134 valence electrons. The van der Waals surface area contributed by atoms with Crippen LogP contribution in [0, 0.1) is 5.92 Å². The quantitative estimate of drug-likeness (QED) is 0.726. The minimum atomic E-state index is -0.942. The number of amides is 3. The molecule has 0 spiro atoms. The first-order chi connectivity index (χ1) is 12.3. The molecule has 1 aliphatic rings. The largest absolute Gasteiger partial charge is 0.323 e. The molecule has 1 atom stereocenters. The Kier molecular flexibility index (Phi) is 5.16. The van der Waals surface area contributed by atoms with Gasteiger partial charge < -0.3 is 5.32 Å². The van der Waals surface area contributed by atoms with Crippen LogP contribution in [0.4, 0.5) is 5.69 Å². The van der Waals surface area contributed by atoms with Crippen molar-refractivity contribution in [1.82, 2.24) is 4.90 Å². The average Bonchev–Trinajstić information content (AvgIpc) is 2.83. The number of carbonyl (C=O) groups is 3. The molecule has 3 amide bonds. The number of halogens is 2. The Morgan fingerprint density at radius 3 is 2.15 bits per heavy atom. The van der Waals surface area contributed by atoms with Crippen molar-refractivity contribution in [2.45, 2.75) is 19.9 Å². The van der Waals surface area contributed by atoms with E-state index in [0.717, 1.165) is 9.37 Å². The molecule has 0 saturated carbocycles. The second-order valence-corrected chi connectivity index (χ2v) is 7.65. The number of carbonyl (C=O) groups excluding carboxylic acids is 3. The lowest BCUT2D eigenvalue weighted by Gasteiger charge is -2.28.